The van der Waals surface area contributed by atoms with Crippen LogP contribution in [0.3, 0.4) is 0 Å². The van der Waals surface area contributed by atoms with Crippen molar-refractivity contribution < 1.29 is 24.5 Å². The van der Waals surface area contributed by atoms with Gasteiger partial charge in [-0.25, -0.2) is 0 Å². The van der Waals surface area contributed by atoms with Gasteiger partial charge < -0.3 is 20.3 Å². The van der Waals surface area contributed by atoms with E-state index >= 15 is 0 Å². The molecule has 3 unspecified atom stereocenters. The standard InChI is InChI=1S/C66H117NO5/c1-4-7-10-13-16-19-22-25-28-31-32-35-38-41-44-47-50-53-56-59-66(71)72-62(57-54-51-48-45-42-39-36-33-29-26-23-20-17-14-11-8-5-2)60-65(70)67-63(61-68)64(69)58-55-52-49-46-43-40-37-34-30-27-24-21-18-15-12-9-6-3/h16-17,19-20,25-26,28-29,32,35-36,39,41,44,62-64,68-69H,4-15,18,21-24,27,30-31,33-34,37-38,40,42-43,45-61H2,1-3H3,(H,67,70)/b19-16-,20-17-,28-25-,29-26-,35-32-,39-36-,44-41-. The van der Waals surface area contributed by atoms with Gasteiger partial charge in [0, 0.05) is 6.42 Å². The predicted octanol–water partition coefficient (Wildman–Crippen LogP) is 19.5. The number of rotatable bonds is 55. The molecule has 0 aliphatic rings. The van der Waals surface area contributed by atoms with Gasteiger partial charge in [0.1, 0.15) is 6.10 Å². The van der Waals surface area contributed by atoms with E-state index in [1.54, 1.807) is 0 Å². The molecule has 0 fully saturated rings. The fourth-order valence-corrected chi connectivity index (χ4v) is 9.01. The number of aliphatic hydroxyl groups is 2. The summed E-state index contributed by atoms with van der Waals surface area (Å²) in [4.78, 5) is 26.4. The summed E-state index contributed by atoms with van der Waals surface area (Å²) in [5.41, 5.74) is 0. The highest BCUT2D eigenvalue weighted by Crippen LogP contribution is 2.18. The van der Waals surface area contributed by atoms with E-state index in [2.05, 4.69) is 111 Å². The normalized spacial score (nSPS) is 13.7. The lowest BCUT2D eigenvalue weighted by molar-refractivity contribution is -0.151. The van der Waals surface area contributed by atoms with Crippen LogP contribution in [0.1, 0.15) is 297 Å². The first-order chi connectivity index (χ1) is 35.5. The van der Waals surface area contributed by atoms with E-state index in [9.17, 15) is 19.8 Å². The Morgan fingerprint density at radius 1 is 0.403 bits per heavy atom. The maximum atomic E-state index is 13.3. The van der Waals surface area contributed by atoms with E-state index in [1.807, 2.05) is 0 Å². The number of aliphatic hydroxyl groups excluding tert-OH is 2. The third-order valence-electron chi connectivity index (χ3n) is 13.7. The highest BCUT2D eigenvalue weighted by molar-refractivity contribution is 5.77. The molecule has 0 aromatic carbocycles. The summed E-state index contributed by atoms with van der Waals surface area (Å²) in [5, 5.41) is 24.0. The monoisotopic (exact) mass is 1000 g/mol. The zero-order valence-electron chi connectivity index (χ0n) is 47.5. The zero-order chi connectivity index (χ0) is 52.3. The minimum absolute atomic E-state index is 0.0467. The van der Waals surface area contributed by atoms with Crippen molar-refractivity contribution >= 4 is 11.9 Å². The van der Waals surface area contributed by atoms with Crippen molar-refractivity contribution in [2.24, 2.45) is 0 Å². The second kappa shape index (κ2) is 58.9. The van der Waals surface area contributed by atoms with Crippen molar-refractivity contribution in [3.05, 3.63) is 85.1 Å². The van der Waals surface area contributed by atoms with E-state index < -0.39 is 18.2 Å². The quantitative estimate of drug-likeness (QED) is 0.0320. The van der Waals surface area contributed by atoms with E-state index in [0.717, 1.165) is 109 Å². The minimum Gasteiger partial charge on any atom is -0.462 e. The number of carbonyl (C=O) groups is 2. The Morgan fingerprint density at radius 2 is 0.708 bits per heavy atom. The van der Waals surface area contributed by atoms with Crippen LogP contribution in [0.15, 0.2) is 85.1 Å². The molecule has 6 heteroatoms. The van der Waals surface area contributed by atoms with Gasteiger partial charge in [-0.05, 0) is 109 Å². The summed E-state index contributed by atoms with van der Waals surface area (Å²) in [6.07, 6.45) is 77.9. The smallest absolute Gasteiger partial charge is 0.306 e. The summed E-state index contributed by atoms with van der Waals surface area (Å²) in [5.74, 6) is -0.528. The second-order valence-electron chi connectivity index (χ2n) is 20.7. The molecule has 416 valence electrons. The Balaban J connectivity index is 4.65. The Kier molecular flexibility index (Phi) is 56.5. The highest BCUT2D eigenvalue weighted by Gasteiger charge is 2.24. The maximum absolute atomic E-state index is 13.3. The first-order valence-corrected chi connectivity index (χ1v) is 30.8. The van der Waals surface area contributed by atoms with Crippen molar-refractivity contribution in [3.8, 4) is 0 Å². The Bertz CT molecular complexity index is 1360. The molecule has 0 saturated heterocycles. The van der Waals surface area contributed by atoms with Crippen molar-refractivity contribution in [3.63, 3.8) is 0 Å². The maximum Gasteiger partial charge on any atom is 0.306 e. The molecular weight excluding hydrogens is 887 g/mol. The molecule has 0 heterocycles. The summed E-state index contributed by atoms with van der Waals surface area (Å²) in [7, 11) is 0. The summed E-state index contributed by atoms with van der Waals surface area (Å²) >= 11 is 0. The molecule has 72 heavy (non-hydrogen) atoms. The minimum atomic E-state index is -0.806. The van der Waals surface area contributed by atoms with Crippen molar-refractivity contribution in [2.45, 2.75) is 315 Å². The van der Waals surface area contributed by atoms with Crippen LogP contribution in [-0.2, 0) is 14.3 Å². The van der Waals surface area contributed by atoms with Crippen LogP contribution < -0.4 is 5.32 Å². The number of unbranched alkanes of at least 4 members (excludes halogenated alkanes) is 29. The Hall–Kier alpha value is -2.96. The van der Waals surface area contributed by atoms with Crippen LogP contribution in [0.5, 0.6) is 0 Å². The third kappa shape index (κ3) is 53.3. The lowest BCUT2D eigenvalue weighted by Crippen LogP contribution is -2.46. The molecule has 0 bridgehead atoms. The average Bonchev–Trinajstić information content (AvgIpc) is 3.37. The molecule has 0 aliphatic heterocycles. The van der Waals surface area contributed by atoms with Gasteiger partial charge in [-0.15, -0.1) is 0 Å². The molecule has 6 nitrogen and oxygen atoms in total. The Morgan fingerprint density at radius 3 is 1.10 bits per heavy atom. The molecule has 0 rings (SSSR count). The molecule has 0 radical (unpaired) electrons. The summed E-state index contributed by atoms with van der Waals surface area (Å²) in [6.45, 7) is 6.44. The molecular formula is C66H117NO5. The van der Waals surface area contributed by atoms with Gasteiger partial charge in [0.25, 0.3) is 0 Å². The van der Waals surface area contributed by atoms with Gasteiger partial charge in [-0.1, -0.05) is 260 Å². The largest absolute Gasteiger partial charge is 0.462 e. The second-order valence-corrected chi connectivity index (χ2v) is 20.7. The Labute approximate surface area is 446 Å². The average molecular weight is 1000 g/mol. The number of hydrogen-bond acceptors (Lipinski definition) is 5. The molecule has 0 saturated carbocycles. The SMILES string of the molecule is CCCCC/C=C\C/C=C\C/C=C\C/C=C\CCCCCC(=O)OC(CCCCCC/C=C\C/C=C\C/C=C\CCCCC)CC(=O)NC(CO)C(O)CCCCCCCCCCCCCCCCCCC. The first-order valence-electron chi connectivity index (χ1n) is 30.8. The molecule has 0 aromatic heterocycles. The van der Waals surface area contributed by atoms with Gasteiger partial charge >= 0.3 is 5.97 Å². The van der Waals surface area contributed by atoms with E-state index in [1.165, 1.54) is 141 Å². The fraction of sp³-hybridized carbons (Fsp3) is 0.758. The number of amides is 1. The third-order valence-corrected chi connectivity index (χ3v) is 13.7. The molecule has 3 atom stereocenters. The molecule has 0 aromatic rings. The predicted molar refractivity (Wildman–Crippen MR) is 314 cm³/mol. The van der Waals surface area contributed by atoms with E-state index in [-0.39, 0.29) is 24.9 Å². The first kappa shape index (κ1) is 69.0. The summed E-state index contributed by atoms with van der Waals surface area (Å²) < 4.78 is 5.95. The van der Waals surface area contributed by atoms with Crippen LogP contribution in [0.25, 0.3) is 0 Å². The number of ether oxygens (including phenoxy) is 1. The summed E-state index contributed by atoms with van der Waals surface area (Å²) in [6, 6.07) is -0.722. The van der Waals surface area contributed by atoms with Crippen molar-refractivity contribution in [1.82, 2.24) is 5.32 Å². The van der Waals surface area contributed by atoms with E-state index in [4.69, 9.17) is 4.74 Å². The van der Waals surface area contributed by atoms with Crippen molar-refractivity contribution in [2.75, 3.05) is 6.61 Å². The number of carbonyl (C=O) groups excluding carboxylic acids is 2. The molecule has 0 spiro atoms. The lowest BCUT2D eigenvalue weighted by Gasteiger charge is -2.24. The van der Waals surface area contributed by atoms with Gasteiger partial charge in [-0.3, -0.25) is 9.59 Å². The number of hydrogen-bond donors (Lipinski definition) is 3. The van der Waals surface area contributed by atoms with Crippen molar-refractivity contribution in [1.29, 1.82) is 0 Å². The number of nitrogens with one attached hydrogen (secondary N) is 1. The molecule has 3 N–H and O–H groups in total. The molecule has 1 amide bonds. The zero-order valence-corrected chi connectivity index (χ0v) is 47.5. The lowest BCUT2D eigenvalue weighted by atomic mass is 10.0. The van der Waals surface area contributed by atoms with Crippen LogP contribution in [0, 0.1) is 0 Å². The van der Waals surface area contributed by atoms with Gasteiger partial charge in [0.05, 0.1) is 25.2 Å². The fourth-order valence-electron chi connectivity index (χ4n) is 9.01. The van der Waals surface area contributed by atoms with Crippen LogP contribution >= 0.6 is 0 Å². The van der Waals surface area contributed by atoms with Crippen LogP contribution in [0.4, 0.5) is 0 Å². The van der Waals surface area contributed by atoms with Gasteiger partial charge in [0.2, 0.25) is 5.91 Å². The van der Waals surface area contributed by atoms with Crippen LogP contribution in [-0.4, -0.2) is 46.9 Å². The van der Waals surface area contributed by atoms with Crippen LogP contribution in [0.2, 0.25) is 0 Å². The van der Waals surface area contributed by atoms with E-state index in [0.29, 0.717) is 19.3 Å². The number of esters is 1. The highest BCUT2D eigenvalue weighted by atomic mass is 16.5. The van der Waals surface area contributed by atoms with Gasteiger partial charge in [0.15, 0.2) is 0 Å². The number of allylic oxidation sites excluding steroid dienone is 14. The molecule has 0 aliphatic carbocycles. The topological polar surface area (TPSA) is 95.9 Å². The van der Waals surface area contributed by atoms with Gasteiger partial charge in [-0.2, -0.15) is 0 Å².